The van der Waals surface area contributed by atoms with Crippen LogP contribution >= 0.6 is 0 Å². The highest BCUT2D eigenvalue weighted by Gasteiger charge is 2.13. The highest BCUT2D eigenvalue weighted by atomic mass is 16.5. The number of nitrogens with zero attached hydrogens (tertiary/aromatic N) is 2. The number of imidazole rings is 1. The van der Waals surface area contributed by atoms with E-state index in [9.17, 15) is 0 Å². The third-order valence-electron chi connectivity index (χ3n) is 3.61. The molecule has 3 rings (SSSR count). The van der Waals surface area contributed by atoms with E-state index in [4.69, 9.17) is 9.47 Å². The van der Waals surface area contributed by atoms with Crippen molar-refractivity contribution >= 4 is 5.65 Å². The van der Waals surface area contributed by atoms with E-state index in [1.807, 2.05) is 25.1 Å². The second kappa shape index (κ2) is 5.13. The number of hydrogen-bond acceptors (Lipinski definition) is 3. The van der Waals surface area contributed by atoms with Crippen molar-refractivity contribution in [3.8, 4) is 22.8 Å². The van der Waals surface area contributed by atoms with Crippen molar-refractivity contribution in [2.75, 3.05) is 14.2 Å². The van der Waals surface area contributed by atoms with Crippen LogP contribution in [0.1, 0.15) is 11.3 Å². The minimum absolute atomic E-state index is 0.719. The lowest BCUT2D eigenvalue weighted by Gasteiger charge is -2.10. The summed E-state index contributed by atoms with van der Waals surface area (Å²) in [7, 11) is 3.28. The van der Waals surface area contributed by atoms with Gasteiger partial charge < -0.3 is 9.47 Å². The molecule has 2 aromatic heterocycles. The van der Waals surface area contributed by atoms with Crippen LogP contribution in [0.15, 0.2) is 36.5 Å². The molecule has 0 N–H and O–H groups in total. The molecule has 0 amide bonds. The van der Waals surface area contributed by atoms with Gasteiger partial charge in [-0.05, 0) is 49.7 Å². The van der Waals surface area contributed by atoms with E-state index < -0.39 is 0 Å². The van der Waals surface area contributed by atoms with E-state index >= 15 is 0 Å². The zero-order chi connectivity index (χ0) is 15.0. The molecular formula is C17H18N2O2. The maximum absolute atomic E-state index is 5.39. The summed E-state index contributed by atoms with van der Waals surface area (Å²) in [5, 5.41) is 0. The van der Waals surface area contributed by atoms with Crippen LogP contribution in [-0.2, 0) is 0 Å². The van der Waals surface area contributed by atoms with Gasteiger partial charge in [-0.1, -0.05) is 0 Å². The molecule has 0 bridgehead atoms. The Balaban J connectivity index is 2.22. The number of aromatic nitrogens is 2. The van der Waals surface area contributed by atoms with Gasteiger partial charge in [-0.15, -0.1) is 0 Å². The Kier molecular flexibility index (Phi) is 3.29. The third kappa shape index (κ3) is 2.23. The smallest absolute Gasteiger partial charge is 0.161 e. The van der Waals surface area contributed by atoms with Crippen LogP contribution in [0.3, 0.4) is 0 Å². The van der Waals surface area contributed by atoms with E-state index in [1.165, 1.54) is 5.56 Å². The average Bonchev–Trinajstić information content (AvgIpc) is 2.81. The Morgan fingerprint density at radius 1 is 0.952 bits per heavy atom. The first kappa shape index (κ1) is 13.5. The normalized spacial score (nSPS) is 10.9. The molecule has 0 spiro atoms. The van der Waals surface area contributed by atoms with Gasteiger partial charge in [-0.2, -0.15) is 0 Å². The molecule has 0 aliphatic rings. The number of ether oxygens (including phenoxy) is 2. The Labute approximate surface area is 124 Å². The van der Waals surface area contributed by atoms with Crippen molar-refractivity contribution in [3.05, 3.63) is 47.8 Å². The molecular weight excluding hydrogens is 264 g/mol. The number of pyridine rings is 1. The first-order valence-corrected chi connectivity index (χ1v) is 6.81. The van der Waals surface area contributed by atoms with Crippen LogP contribution in [0.4, 0.5) is 0 Å². The summed E-state index contributed by atoms with van der Waals surface area (Å²) in [5.74, 6) is 1.44. The van der Waals surface area contributed by atoms with Crippen molar-refractivity contribution in [2.24, 2.45) is 0 Å². The predicted molar refractivity (Wildman–Crippen MR) is 83.2 cm³/mol. The molecule has 21 heavy (non-hydrogen) atoms. The van der Waals surface area contributed by atoms with Gasteiger partial charge in [0.15, 0.2) is 11.5 Å². The fourth-order valence-electron chi connectivity index (χ4n) is 2.60. The van der Waals surface area contributed by atoms with Crippen molar-refractivity contribution in [1.82, 2.24) is 9.38 Å². The van der Waals surface area contributed by atoms with Crippen molar-refractivity contribution in [2.45, 2.75) is 13.8 Å². The van der Waals surface area contributed by atoms with Crippen LogP contribution in [0.25, 0.3) is 16.9 Å². The average molecular weight is 282 g/mol. The van der Waals surface area contributed by atoms with Crippen molar-refractivity contribution < 1.29 is 9.47 Å². The Morgan fingerprint density at radius 3 is 2.43 bits per heavy atom. The molecule has 1 aromatic carbocycles. The van der Waals surface area contributed by atoms with Gasteiger partial charge in [0.05, 0.1) is 25.6 Å². The van der Waals surface area contributed by atoms with Gasteiger partial charge in [-0.25, -0.2) is 4.98 Å². The molecule has 0 radical (unpaired) electrons. The summed E-state index contributed by atoms with van der Waals surface area (Å²) in [6, 6.07) is 10.1. The fraction of sp³-hybridized carbons (Fsp3) is 0.235. The quantitative estimate of drug-likeness (QED) is 0.736. The standard InChI is InChI=1S/C17H18N2O2/c1-11-7-8-19-16(9-11)18-12(2)17(19)13-5-6-14(20-3)15(10-13)21-4/h5-10H,1-4H3. The van der Waals surface area contributed by atoms with Gasteiger partial charge in [0.25, 0.3) is 0 Å². The Hall–Kier alpha value is -2.49. The summed E-state index contributed by atoms with van der Waals surface area (Å²) >= 11 is 0. The monoisotopic (exact) mass is 282 g/mol. The maximum atomic E-state index is 5.39. The number of fused-ring (bicyclic) bond motifs is 1. The summed E-state index contributed by atoms with van der Waals surface area (Å²) in [5.41, 5.74) is 5.28. The van der Waals surface area contributed by atoms with Gasteiger partial charge in [0, 0.05) is 11.8 Å². The molecule has 108 valence electrons. The highest BCUT2D eigenvalue weighted by Crippen LogP contribution is 2.33. The van der Waals surface area contributed by atoms with Crippen molar-refractivity contribution in [1.29, 1.82) is 0 Å². The lowest BCUT2D eigenvalue weighted by Crippen LogP contribution is -1.93. The maximum Gasteiger partial charge on any atom is 0.161 e. The predicted octanol–water partition coefficient (Wildman–Crippen LogP) is 3.64. The lowest BCUT2D eigenvalue weighted by atomic mass is 10.1. The van der Waals surface area contributed by atoms with Crippen LogP contribution in [0.5, 0.6) is 11.5 Å². The second-order valence-corrected chi connectivity index (χ2v) is 5.05. The van der Waals surface area contributed by atoms with Crippen LogP contribution in [-0.4, -0.2) is 23.6 Å². The van der Waals surface area contributed by atoms with E-state index in [-0.39, 0.29) is 0 Å². The van der Waals surface area contributed by atoms with E-state index in [0.29, 0.717) is 0 Å². The third-order valence-corrected chi connectivity index (χ3v) is 3.61. The lowest BCUT2D eigenvalue weighted by molar-refractivity contribution is 0.355. The summed E-state index contributed by atoms with van der Waals surface area (Å²) in [6.07, 6.45) is 2.05. The number of benzene rings is 1. The summed E-state index contributed by atoms with van der Waals surface area (Å²) in [4.78, 5) is 4.64. The van der Waals surface area contributed by atoms with E-state index in [1.54, 1.807) is 14.2 Å². The minimum Gasteiger partial charge on any atom is -0.493 e. The molecule has 4 nitrogen and oxygen atoms in total. The largest absolute Gasteiger partial charge is 0.493 e. The molecule has 0 aliphatic carbocycles. The van der Waals surface area contributed by atoms with Crippen LogP contribution in [0.2, 0.25) is 0 Å². The number of hydrogen-bond donors (Lipinski definition) is 0. The van der Waals surface area contributed by atoms with Gasteiger partial charge >= 0.3 is 0 Å². The molecule has 3 aromatic rings. The SMILES string of the molecule is COc1ccc(-c2c(C)nc3cc(C)ccn23)cc1OC. The molecule has 0 saturated heterocycles. The zero-order valence-corrected chi connectivity index (χ0v) is 12.7. The first-order valence-electron chi connectivity index (χ1n) is 6.81. The molecule has 2 heterocycles. The summed E-state index contributed by atoms with van der Waals surface area (Å²) < 4.78 is 12.8. The molecule has 0 saturated carbocycles. The van der Waals surface area contributed by atoms with E-state index in [2.05, 4.69) is 34.6 Å². The molecule has 0 atom stereocenters. The number of methoxy groups -OCH3 is 2. The molecule has 0 fully saturated rings. The molecule has 4 heteroatoms. The fourth-order valence-corrected chi connectivity index (χ4v) is 2.60. The van der Waals surface area contributed by atoms with Gasteiger partial charge in [0.2, 0.25) is 0 Å². The second-order valence-electron chi connectivity index (χ2n) is 5.05. The first-order chi connectivity index (χ1) is 10.1. The topological polar surface area (TPSA) is 35.8 Å². The summed E-state index contributed by atoms with van der Waals surface area (Å²) in [6.45, 7) is 4.09. The van der Waals surface area contributed by atoms with Crippen molar-refractivity contribution in [3.63, 3.8) is 0 Å². The van der Waals surface area contributed by atoms with Crippen LogP contribution in [0, 0.1) is 13.8 Å². The Bertz CT molecular complexity index is 806. The van der Waals surface area contributed by atoms with E-state index in [0.717, 1.165) is 34.1 Å². The van der Waals surface area contributed by atoms with Crippen LogP contribution < -0.4 is 9.47 Å². The number of aryl methyl sites for hydroxylation is 2. The number of rotatable bonds is 3. The zero-order valence-electron chi connectivity index (χ0n) is 12.7. The molecule has 0 aliphatic heterocycles. The van der Waals surface area contributed by atoms with Gasteiger partial charge in [0.1, 0.15) is 5.65 Å². The van der Waals surface area contributed by atoms with Gasteiger partial charge in [-0.3, -0.25) is 4.40 Å². The minimum atomic E-state index is 0.719. The highest BCUT2D eigenvalue weighted by molar-refractivity contribution is 5.70. The molecule has 0 unspecified atom stereocenters. The Morgan fingerprint density at radius 2 is 1.71 bits per heavy atom.